The number of rotatable bonds is 5. The highest BCUT2D eigenvalue weighted by Crippen LogP contribution is 2.23. The van der Waals surface area contributed by atoms with Crippen molar-refractivity contribution in [1.82, 2.24) is 4.90 Å². The van der Waals surface area contributed by atoms with Gasteiger partial charge in [0.25, 0.3) is 11.8 Å². The third-order valence-corrected chi connectivity index (χ3v) is 4.01. The largest absolute Gasteiger partial charge is 0.440 e. The van der Waals surface area contributed by atoms with E-state index in [4.69, 9.17) is 4.74 Å². The van der Waals surface area contributed by atoms with Gasteiger partial charge in [-0.1, -0.05) is 12.1 Å². The van der Waals surface area contributed by atoms with Gasteiger partial charge in [0.1, 0.15) is 0 Å². The Morgan fingerprint density at radius 2 is 1.34 bits per heavy atom. The van der Waals surface area contributed by atoms with Crippen LogP contribution in [0, 0.1) is 0 Å². The van der Waals surface area contributed by atoms with Crippen molar-refractivity contribution in [3.05, 3.63) is 59.2 Å². The normalized spacial score (nSPS) is 12.4. The van der Waals surface area contributed by atoms with Gasteiger partial charge in [-0.3, -0.25) is 19.2 Å². The Morgan fingerprint density at radius 1 is 0.862 bits per heavy atom. The van der Waals surface area contributed by atoms with Gasteiger partial charge in [0.2, 0.25) is 11.8 Å². The van der Waals surface area contributed by atoms with Gasteiger partial charge in [-0.15, -0.1) is 0 Å². The van der Waals surface area contributed by atoms with Crippen molar-refractivity contribution in [3.8, 4) is 0 Å². The van der Waals surface area contributed by atoms with Crippen LogP contribution in [-0.2, 0) is 14.3 Å². The van der Waals surface area contributed by atoms with Gasteiger partial charge >= 0.3 is 5.97 Å². The number of nitrogens with zero attached hydrogens (tertiary/aromatic N) is 1. The molecule has 0 spiro atoms. The summed E-state index contributed by atoms with van der Waals surface area (Å²) in [5, 5.41) is 5.04. The summed E-state index contributed by atoms with van der Waals surface area (Å²) < 4.78 is 5.12. The molecule has 0 aromatic heterocycles. The summed E-state index contributed by atoms with van der Waals surface area (Å²) in [7, 11) is 0. The lowest BCUT2D eigenvalue weighted by atomic mass is 10.1. The Kier molecular flexibility index (Phi) is 5.40. The Hall–Kier alpha value is -4.01. The summed E-state index contributed by atoms with van der Waals surface area (Å²) in [5.41, 5.74) is 1.06. The SMILES string of the molecule is CC(=O)Nc1cc(NC(C)=O)cc(C(=O)OCN2C(=O)c3ccccc3C2=O)c1. The number of imide groups is 1. The minimum atomic E-state index is -0.833. The zero-order valence-corrected chi connectivity index (χ0v) is 15.6. The Morgan fingerprint density at radius 3 is 1.79 bits per heavy atom. The first-order valence-electron chi connectivity index (χ1n) is 8.59. The number of amides is 4. The van der Waals surface area contributed by atoms with Gasteiger partial charge in [0.15, 0.2) is 6.73 Å². The van der Waals surface area contributed by atoms with E-state index in [9.17, 15) is 24.0 Å². The van der Waals surface area contributed by atoms with Crippen molar-refractivity contribution >= 4 is 41.0 Å². The minimum Gasteiger partial charge on any atom is -0.440 e. The molecule has 3 rings (SSSR count). The van der Waals surface area contributed by atoms with E-state index in [1.807, 2.05) is 0 Å². The molecular weight excluding hydrogens is 378 g/mol. The Bertz CT molecular complexity index is 977. The standard InChI is InChI=1S/C20H17N3O6/c1-11(24)21-14-7-13(8-15(9-14)22-12(2)25)20(28)29-10-23-18(26)16-5-3-4-6-17(16)19(23)27/h3-9H,10H2,1-2H3,(H,21,24)(H,22,25). The summed E-state index contributed by atoms with van der Waals surface area (Å²) in [5.74, 6) is -2.67. The average Bonchev–Trinajstić information content (AvgIpc) is 2.89. The van der Waals surface area contributed by atoms with E-state index in [1.54, 1.807) is 12.1 Å². The fourth-order valence-corrected chi connectivity index (χ4v) is 2.86. The fourth-order valence-electron chi connectivity index (χ4n) is 2.86. The smallest absolute Gasteiger partial charge is 0.340 e. The second-order valence-electron chi connectivity index (χ2n) is 6.31. The van der Waals surface area contributed by atoms with Crippen LogP contribution in [0.4, 0.5) is 11.4 Å². The van der Waals surface area contributed by atoms with Crippen molar-refractivity contribution in [2.24, 2.45) is 0 Å². The number of fused-ring (bicyclic) bond motifs is 1. The second kappa shape index (κ2) is 7.93. The van der Waals surface area contributed by atoms with E-state index < -0.39 is 24.5 Å². The van der Waals surface area contributed by atoms with Gasteiger partial charge < -0.3 is 15.4 Å². The maximum absolute atomic E-state index is 12.5. The molecule has 0 bridgehead atoms. The molecule has 4 amide bonds. The molecule has 1 aliphatic heterocycles. The molecule has 148 valence electrons. The molecule has 0 atom stereocenters. The molecule has 0 saturated heterocycles. The highest BCUT2D eigenvalue weighted by Gasteiger charge is 2.35. The minimum absolute atomic E-state index is 0.0246. The first kappa shape index (κ1) is 19.7. The third kappa shape index (κ3) is 4.29. The van der Waals surface area contributed by atoms with Crippen LogP contribution in [0.5, 0.6) is 0 Å². The van der Waals surface area contributed by atoms with Crippen LogP contribution in [0.3, 0.4) is 0 Å². The van der Waals surface area contributed by atoms with Crippen molar-refractivity contribution in [2.45, 2.75) is 13.8 Å². The number of hydrogen-bond donors (Lipinski definition) is 2. The maximum Gasteiger partial charge on any atom is 0.340 e. The molecule has 0 radical (unpaired) electrons. The number of benzene rings is 2. The summed E-state index contributed by atoms with van der Waals surface area (Å²) in [6.07, 6.45) is 0. The van der Waals surface area contributed by atoms with Crippen LogP contribution in [0.2, 0.25) is 0 Å². The van der Waals surface area contributed by atoms with Crippen molar-refractivity contribution in [3.63, 3.8) is 0 Å². The van der Waals surface area contributed by atoms with E-state index in [0.29, 0.717) is 0 Å². The number of esters is 1. The summed E-state index contributed by atoms with van der Waals surface area (Å²) >= 11 is 0. The van der Waals surface area contributed by atoms with Crippen molar-refractivity contribution in [2.75, 3.05) is 17.4 Å². The molecule has 2 N–H and O–H groups in total. The molecule has 1 aliphatic rings. The van der Waals surface area contributed by atoms with Crippen molar-refractivity contribution < 1.29 is 28.7 Å². The lowest BCUT2D eigenvalue weighted by Crippen LogP contribution is -2.33. The van der Waals surface area contributed by atoms with Gasteiger partial charge in [0, 0.05) is 25.2 Å². The molecule has 9 nitrogen and oxygen atoms in total. The van der Waals surface area contributed by atoms with Gasteiger partial charge in [-0.2, -0.15) is 0 Å². The van der Waals surface area contributed by atoms with Gasteiger partial charge in [-0.25, -0.2) is 9.69 Å². The van der Waals surface area contributed by atoms with E-state index in [2.05, 4.69) is 10.6 Å². The van der Waals surface area contributed by atoms with E-state index in [-0.39, 0.29) is 39.9 Å². The summed E-state index contributed by atoms with van der Waals surface area (Å²) in [4.78, 5) is 60.6. The monoisotopic (exact) mass is 395 g/mol. The van der Waals surface area contributed by atoms with E-state index >= 15 is 0 Å². The molecular formula is C20H17N3O6. The molecule has 0 unspecified atom stereocenters. The molecule has 9 heteroatoms. The Balaban J connectivity index is 1.77. The fraction of sp³-hybridized carbons (Fsp3) is 0.150. The number of ether oxygens (including phenoxy) is 1. The summed E-state index contributed by atoms with van der Waals surface area (Å²) in [6, 6.07) is 10.5. The van der Waals surface area contributed by atoms with Crippen LogP contribution < -0.4 is 10.6 Å². The van der Waals surface area contributed by atoms with E-state index in [0.717, 1.165) is 4.90 Å². The number of nitrogens with one attached hydrogen (secondary N) is 2. The van der Waals surface area contributed by atoms with Crippen LogP contribution in [0.15, 0.2) is 42.5 Å². The molecule has 2 aromatic rings. The van der Waals surface area contributed by atoms with E-state index in [1.165, 1.54) is 44.2 Å². The first-order valence-corrected chi connectivity index (χ1v) is 8.59. The van der Waals surface area contributed by atoms with Gasteiger partial charge in [-0.05, 0) is 30.3 Å². The van der Waals surface area contributed by atoms with Crippen LogP contribution in [0.1, 0.15) is 44.9 Å². The molecule has 2 aromatic carbocycles. The molecule has 0 aliphatic carbocycles. The number of hydrogen-bond acceptors (Lipinski definition) is 6. The molecule has 0 saturated carbocycles. The number of carbonyl (C=O) groups is 5. The Labute approximate surface area is 165 Å². The highest BCUT2D eigenvalue weighted by atomic mass is 16.5. The molecule has 1 heterocycles. The highest BCUT2D eigenvalue weighted by molar-refractivity contribution is 6.21. The third-order valence-electron chi connectivity index (χ3n) is 4.01. The van der Waals surface area contributed by atoms with Crippen LogP contribution >= 0.6 is 0 Å². The van der Waals surface area contributed by atoms with Crippen LogP contribution in [-0.4, -0.2) is 41.2 Å². The topological polar surface area (TPSA) is 122 Å². The molecule has 29 heavy (non-hydrogen) atoms. The second-order valence-corrected chi connectivity index (χ2v) is 6.31. The predicted octanol–water partition coefficient (Wildman–Crippen LogP) is 2.01. The zero-order valence-electron chi connectivity index (χ0n) is 15.6. The summed E-state index contributed by atoms with van der Waals surface area (Å²) in [6.45, 7) is 2.03. The first-order chi connectivity index (χ1) is 13.8. The van der Waals surface area contributed by atoms with Crippen molar-refractivity contribution in [1.29, 1.82) is 0 Å². The lowest BCUT2D eigenvalue weighted by molar-refractivity contribution is -0.115. The number of carbonyl (C=O) groups excluding carboxylic acids is 5. The van der Waals surface area contributed by atoms with Gasteiger partial charge in [0.05, 0.1) is 16.7 Å². The predicted molar refractivity (Wildman–Crippen MR) is 102 cm³/mol. The van der Waals surface area contributed by atoms with Crippen LogP contribution in [0.25, 0.3) is 0 Å². The quantitative estimate of drug-likeness (QED) is 0.590. The maximum atomic E-state index is 12.5. The average molecular weight is 395 g/mol. The lowest BCUT2D eigenvalue weighted by Gasteiger charge is -2.15. The molecule has 0 fully saturated rings. The zero-order chi connectivity index (χ0) is 21.1. The number of anilines is 2.